The maximum Gasteiger partial charge on any atom is 0.416 e. The van der Waals surface area contributed by atoms with E-state index in [0.717, 1.165) is 6.07 Å². The van der Waals surface area contributed by atoms with Crippen LogP contribution in [0.25, 0.3) is 0 Å². The number of ether oxygens (including phenoxy) is 1. The molecule has 0 aliphatic carbocycles. The SMILES string of the molecule is O=C(COC(=O)c1ccccc1Cl)NCc1ccccc1C(F)(F)F. The van der Waals surface area contributed by atoms with Crippen LogP contribution < -0.4 is 5.32 Å². The molecule has 4 nitrogen and oxygen atoms in total. The Labute approximate surface area is 146 Å². The van der Waals surface area contributed by atoms with Crippen LogP contribution in [0.2, 0.25) is 5.02 Å². The molecule has 0 saturated carbocycles. The second-order valence-electron chi connectivity index (χ2n) is 4.99. The molecule has 132 valence electrons. The standard InChI is InChI=1S/C17H13ClF3NO3/c18-14-8-4-2-6-12(14)16(24)25-10-15(23)22-9-11-5-1-3-7-13(11)17(19,20)21/h1-8H,9-10H2,(H,22,23). The molecular formula is C17H13ClF3NO3. The Morgan fingerprint density at radius 3 is 2.36 bits per heavy atom. The van der Waals surface area contributed by atoms with E-state index in [2.05, 4.69) is 5.32 Å². The molecule has 8 heteroatoms. The van der Waals surface area contributed by atoms with Gasteiger partial charge in [0.2, 0.25) is 0 Å². The van der Waals surface area contributed by atoms with Crippen LogP contribution in [-0.4, -0.2) is 18.5 Å². The third-order valence-corrected chi connectivity index (χ3v) is 3.56. The molecule has 2 aromatic rings. The van der Waals surface area contributed by atoms with Crippen LogP contribution in [0.1, 0.15) is 21.5 Å². The fraction of sp³-hybridized carbons (Fsp3) is 0.176. The summed E-state index contributed by atoms with van der Waals surface area (Å²) in [5.74, 6) is -1.52. The fourth-order valence-electron chi connectivity index (χ4n) is 2.03. The first-order chi connectivity index (χ1) is 11.8. The van der Waals surface area contributed by atoms with E-state index >= 15 is 0 Å². The maximum absolute atomic E-state index is 12.9. The van der Waals surface area contributed by atoms with E-state index in [1.54, 1.807) is 12.1 Å². The lowest BCUT2D eigenvalue weighted by molar-refractivity contribution is -0.138. The lowest BCUT2D eigenvalue weighted by Crippen LogP contribution is -2.29. The second kappa shape index (κ2) is 8.02. The molecule has 0 aliphatic rings. The van der Waals surface area contributed by atoms with Crippen LogP contribution in [0.5, 0.6) is 0 Å². The minimum Gasteiger partial charge on any atom is -0.452 e. The normalized spacial score (nSPS) is 11.0. The van der Waals surface area contributed by atoms with Crippen molar-refractivity contribution >= 4 is 23.5 Å². The quantitative estimate of drug-likeness (QED) is 0.813. The van der Waals surface area contributed by atoms with Crippen molar-refractivity contribution in [2.24, 2.45) is 0 Å². The van der Waals surface area contributed by atoms with Gasteiger partial charge in [0.25, 0.3) is 5.91 Å². The van der Waals surface area contributed by atoms with E-state index in [4.69, 9.17) is 16.3 Å². The molecule has 0 saturated heterocycles. The summed E-state index contributed by atoms with van der Waals surface area (Å²) in [6.07, 6.45) is -4.52. The van der Waals surface area contributed by atoms with Gasteiger partial charge in [-0.2, -0.15) is 13.2 Å². The average molecular weight is 372 g/mol. The Hall–Kier alpha value is -2.54. The summed E-state index contributed by atoms with van der Waals surface area (Å²) in [6.45, 7) is -0.962. The van der Waals surface area contributed by atoms with Gasteiger partial charge in [-0.05, 0) is 23.8 Å². The Morgan fingerprint density at radius 1 is 1.04 bits per heavy atom. The minimum atomic E-state index is -4.52. The zero-order valence-corrected chi connectivity index (χ0v) is 13.5. The number of carbonyl (C=O) groups is 2. The van der Waals surface area contributed by atoms with Gasteiger partial charge in [0, 0.05) is 6.54 Å². The summed E-state index contributed by atoms with van der Waals surface area (Å²) in [4.78, 5) is 23.5. The number of alkyl halides is 3. The van der Waals surface area contributed by atoms with Crippen LogP contribution in [0.15, 0.2) is 48.5 Å². The van der Waals surface area contributed by atoms with E-state index in [9.17, 15) is 22.8 Å². The van der Waals surface area contributed by atoms with Crippen molar-refractivity contribution < 1.29 is 27.5 Å². The van der Waals surface area contributed by atoms with Crippen molar-refractivity contribution in [3.8, 4) is 0 Å². The lowest BCUT2D eigenvalue weighted by atomic mass is 10.1. The van der Waals surface area contributed by atoms with Crippen LogP contribution in [-0.2, 0) is 22.3 Å². The van der Waals surface area contributed by atoms with Crippen LogP contribution >= 0.6 is 11.6 Å². The van der Waals surface area contributed by atoms with Gasteiger partial charge in [-0.3, -0.25) is 4.79 Å². The molecule has 0 heterocycles. The first-order valence-corrected chi connectivity index (χ1v) is 7.50. The molecule has 1 amide bonds. The van der Waals surface area contributed by atoms with Gasteiger partial charge in [0.05, 0.1) is 16.1 Å². The third-order valence-electron chi connectivity index (χ3n) is 3.23. The highest BCUT2D eigenvalue weighted by molar-refractivity contribution is 6.33. The predicted octanol–water partition coefficient (Wildman–Crippen LogP) is 3.83. The van der Waals surface area contributed by atoms with Crippen LogP contribution in [0.3, 0.4) is 0 Å². The van der Waals surface area contributed by atoms with Gasteiger partial charge in [0.1, 0.15) is 0 Å². The zero-order valence-electron chi connectivity index (χ0n) is 12.8. The number of rotatable bonds is 5. The van der Waals surface area contributed by atoms with Crippen LogP contribution in [0.4, 0.5) is 13.2 Å². The monoisotopic (exact) mass is 371 g/mol. The van der Waals surface area contributed by atoms with E-state index in [-0.39, 0.29) is 22.7 Å². The highest BCUT2D eigenvalue weighted by atomic mass is 35.5. The molecule has 2 aromatic carbocycles. The predicted molar refractivity (Wildman–Crippen MR) is 85.0 cm³/mol. The number of halogens is 4. The first-order valence-electron chi connectivity index (χ1n) is 7.12. The summed E-state index contributed by atoms with van der Waals surface area (Å²) in [5.41, 5.74) is -0.816. The van der Waals surface area contributed by atoms with Crippen molar-refractivity contribution in [2.45, 2.75) is 12.7 Å². The van der Waals surface area contributed by atoms with Crippen LogP contribution in [0, 0.1) is 0 Å². The molecule has 0 unspecified atom stereocenters. The van der Waals surface area contributed by atoms with Gasteiger partial charge in [-0.1, -0.05) is 41.9 Å². The number of amides is 1. The smallest absolute Gasteiger partial charge is 0.416 e. The summed E-state index contributed by atoms with van der Waals surface area (Å²) < 4.78 is 43.4. The highest BCUT2D eigenvalue weighted by Crippen LogP contribution is 2.31. The molecule has 25 heavy (non-hydrogen) atoms. The number of nitrogens with one attached hydrogen (secondary N) is 1. The van der Waals surface area contributed by atoms with E-state index < -0.39 is 30.2 Å². The van der Waals surface area contributed by atoms with Crippen molar-refractivity contribution in [3.05, 3.63) is 70.2 Å². The van der Waals surface area contributed by atoms with Gasteiger partial charge in [-0.15, -0.1) is 0 Å². The zero-order chi connectivity index (χ0) is 18.4. The minimum absolute atomic E-state index is 0.0826. The third kappa shape index (κ3) is 5.22. The molecule has 0 bridgehead atoms. The number of hydrogen-bond acceptors (Lipinski definition) is 3. The number of esters is 1. The number of hydrogen-bond donors (Lipinski definition) is 1. The Kier molecular flexibility index (Phi) is 6.03. The maximum atomic E-state index is 12.9. The highest BCUT2D eigenvalue weighted by Gasteiger charge is 2.32. The molecule has 2 rings (SSSR count). The first kappa shape index (κ1) is 18.8. The molecule has 0 aromatic heterocycles. The molecule has 0 fully saturated rings. The average Bonchev–Trinajstić information content (AvgIpc) is 2.57. The summed E-state index contributed by atoms with van der Waals surface area (Å²) >= 11 is 5.83. The fourth-order valence-corrected chi connectivity index (χ4v) is 2.24. The molecule has 0 radical (unpaired) electrons. The van der Waals surface area contributed by atoms with Crippen molar-refractivity contribution in [2.75, 3.05) is 6.61 Å². The van der Waals surface area contributed by atoms with E-state index in [0.29, 0.717) is 0 Å². The molecular weight excluding hydrogens is 359 g/mol. The van der Waals surface area contributed by atoms with Gasteiger partial charge < -0.3 is 10.1 Å². The molecule has 0 atom stereocenters. The summed E-state index contributed by atoms with van der Waals surface area (Å²) in [5, 5.41) is 2.46. The Balaban J connectivity index is 1.90. The van der Waals surface area contributed by atoms with Crippen molar-refractivity contribution in [3.63, 3.8) is 0 Å². The van der Waals surface area contributed by atoms with Gasteiger partial charge in [-0.25, -0.2) is 4.79 Å². The molecule has 1 N–H and O–H groups in total. The topological polar surface area (TPSA) is 55.4 Å². The molecule has 0 spiro atoms. The Morgan fingerprint density at radius 2 is 1.68 bits per heavy atom. The summed E-state index contributed by atoms with van der Waals surface area (Å²) in [7, 11) is 0. The summed E-state index contributed by atoms with van der Waals surface area (Å²) in [6, 6.07) is 11.0. The second-order valence-corrected chi connectivity index (χ2v) is 5.39. The lowest BCUT2D eigenvalue weighted by Gasteiger charge is -2.13. The largest absolute Gasteiger partial charge is 0.452 e. The van der Waals surface area contributed by atoms with E-state index in [1.807, 2.05) is 0 Å². The molecule has 0 aliphatic heterocycles. The van der Waals surface area contributed by atoms with Crippen molar-refractivity contribution in [1.29, 1.82) is 0 Å². The number of carbonyl (C=O) groups excluding carboxylic acids is 2. The Bertz CT molecular complexity index is 778. The van der Waals surface area contributed by atoms with Gasteiger partial charge >= 0.3 is 12.1 Å². The van der Waals surface area contributed by atoms with Gasteiger partial charge in [0.15, 0.2) is 6.61 Å². The van der Waals surface area contributed by atoms with E-state index in [1.165, 1.54) is 30.3 Å². The van der Waals surface area contributed by atoms with Crippen molar-refractivity contribution in [1.82, 2.24) is 5.32 Å². The number of benzene rings is 2.